The molecule has 0 heterocycles. The minimum absolute atomic E-state index is 0.202. The van der Waals surface area contributed by atoms with Gasteiger partial charge in [-0.25, -0.2) is 0 Å². The Kier molecular flexibility index (Phi) is 8.95. The summed E-state index contributed by atoms with van der Waals surface area (Å²) < 4.78 is 5.77. The summed E-state index contributed by atoms with van der Waals surface area (Å²) in [6.07, 6.45) is 0. The lowest BCUT2D eigenvalue weighted by Crippen LogP contribution is -2.45. The Hall–Kier alpha value is -4.09. The Bertz CT molecular complexity index is 1290. The second-order valence-electron chi connectivity index (χ2n) is 8.77. The molecule has 2 amide bonds. The van der Waals surface area contributed by atoms with E-state index in [0.29, 0.717) is 22.9 Å². The van der Waals surface area contributed by atoms with Crippen LogP contribution in [-0.4, -0.2) is 23.3 Å². The van der Waals surface area contributed by atoms with Crippen molar-refractivity contribution in [2.45, 2.75) is 26.1 Å². The topological polar surface area (TPSA) is 58.6 Å². The molecule has 0 aromatic heterocycles. The SMILES string of the molecule is Cc1ccc(CNC(=O)C(c2ccccc2)N(Cc2ccc(Cl)cc2)C(=O)COc2ccccc2)cc1. The molecular formula is C31H29ClN2O3. The fraction of sp³-hybridized carbons (Fsp3) is 0.161. The van der Waals surface area contributed by atoms with Gasteiger partial charge in [0.15, 0.2) is 6.61 Å². The number of benzene rings is 4. The summed E-state index contributed by atoms with van der Waals surface area (Å²) in [6, 6.07) is 32.9. The van der Waals surface area contributed by atoms with Crippen molar-refractivity contribution in [1.29, 1.82) is 0 Å². The largest absolute Gasteiger partial charge is 0.484 e. The predicted molar refractivity (Wildman–Crippen MR) is 146 cm³/mol. The molecule has 0 radical (unpaired) electrons. The van der Waals surface area contributed by atoms with Gasteiger partial charge in [-0.3, -0.25) is 9.59 Å². The molecule has 0 saturated heterocycles. The number of rotatable bonds is 10. The van der Waals surface area contributed by atoms with Crippen LogP contribution in [0.25, 0.3) is 0 Å². The molecule has 37 heavy (non-hydrogen) atoms. The van der Waals surface area contributed by atoms with Gasteiger partial charge in [0, 0.05) is 18.1 Å². The number of para-hydroxylation sites is 1. The Morgan fingerprint density at radius 3 is 2.05 bits per heavy atom. The number of aryl methyl sites for hydroxylation is 1. The lowest BCUT2D eigenvalue weighted by Gasteiger charge is -2.31. The molecule has 1 N–H and O–H groups in total. The van der Waals surface area contributed by atoms with E-state index in [9.17, 15) is 9.59 Å². The molecule has 5 nitrogen and oxygen atoms in total. The fourth-order valence-electron chi connectivity index (χ4n) is 3.95. The van der Waals surface area contributed by atoms with Crippen LogP contribution in [0.3, 0.4) is 0 Å². The summed E-state index contributed by atoms with van der Waals surface area (Å²) >= 11 is 6.08. The molecule has 0 aliphatic heterocycles. The van der Waals surface area contributed by atoms with Gasteiger partial charge in [-0.2, -0.15) is 0 Å². The average molecular weight is 513 g/mol. The van der Waals surface area contributed by atoms with Gasteiger partial charge in [0.2, 0.25) is 5.91 Å². The summed E-state index contributed by atoms with van der Waals surface area (Å²) in [5.74, 6) is 0.00863. The maximum absolute atomic E-state index is 13.7. The van der Waals surface area contributed by atoms with Crippen molar-refractivity contribution in [3.05, 3.63) is 136 Å². The molecule has 1 unspecified atom stereocenters. The van der Waals surface area contributed by atoms with E-state index in [1.807, 2.05) is 91.9 Å². The molecule has 0 bridgehead atoms. The van der Waals surface area contributed by atoms with Crippen LogP contribution in [0.2, 0.25) is 5.02 Å². The second kappa shape index (κ2) is 12.7. The zero-order chi connectivity index (χ0) is 26.0. The summed E-state index contributed by atoms with van der Waals surface area (Å²) in [4.78, 5) is 28.9. The number of carbonyl (C=O) groups excluding carboxylic acids is 2. The Morgan fingerprint density at radius 2 is 1.41 bits per heavy atom. The molecule has 0 aliphatic rings. The van der Waals surface area contributed by atoms with Crippen LogP contribution in [0.5, 0.6) is 5.75 Å². The Labute approximate surface area is 222 Å². The molecule has 0 saturated carbocycles. The van der Waals surface area contributed by atoms with Crippen LogP contribution >= 0.6 is 11.6 Å². The van der Waals surface area contributed by atoms with Gasteiger partial charge in [-0.05, 0) is 47.9 Å². The van der Waals surface area contributed by atoms with Gasteiger partial charge >= 0.3 is 0 Å². The highest BCUT2D eigenvalue weighted by Gasteiger charge is 2.31. The Balaban J connectivity index is 1.62. The van der Waals surface area contributed by atoms with Crippen molar-refractivity contribution in [3.8, 4) is 5.75 Å². The minimum Gasteiger partial charge on any atom is -0.484 e. The van der Waals surface area contributed by atoms with E-state index in [2.05, 4.69) is 5.32 Å². The predicted octanol–water partition coefficient (Wildman–Crippen LogP) is 6.11. The van der Waals surface area contributed by atoms with Crippen LogP contribution in [0.4, 0.5) is 0 Å². The van der Waals surface area contributed by atoms with Gasteiger partial charge in [0.05, 0.1) is 0 Å². The van der Waals surface area contributed by atoms with Crippen LogP contribution < -0.4 is 10.1 Å². The molecular weight excluding hydrogens is 484 g/mol. The molecule has 4 aromatic carbocycles. The van der Waals surface area contributed by atoms with E-state index in [1.54, 1.807) is 29.2 Å². The van der Waals surface area contributed by atoms with Crippen molar-refractivity contribution in [1.82, 2.24) is 10.2 Å². The van der Waals surface area contributed by atoms with Crippen molar-refractivity contribution in [3.63, 3.8) is 0 Å². The zero-order valence-electron chi connectivity index (χ0n) is 20.6. The number of ether oxygens (including phenoxy) is 1. The monoisotopic (exact) mass is 512 g/mol. The summed E-state index contributed by atoms with van der Waals surface area (Å²) in [5, 5.41) is 3.63. The maximum atomic E-state index is 13.7. The van der Waals surface area contributed by atoms with Crippen LogP contribution in [0.15, 0.2) is 109 Å². The highest BCUT2D eigenvalue weighted by molar-refractivity contribution is 6.30. The number of nitrogens with one attached hydrogen (secondary N) is 1. The zero-order valence-corrected chi connectivity index (χ0v) is 21.4. The first-order chi connectivity index (χ1) is 18.0. The van der Waals surface area contributed by atoms with Gasteiger partial charge in [0.1, 0.15) is 11.8 Å². The van der Waals surface area contributed by atoms with Crippen LogP contribution in [-0.2, 0) is 22.7 Å². The molecule has 4 rings (SSSR count). The second-order valence-corrected chi connectivity index (χ2v) is 9.20. The van der Waals surface area contributed by atoms with E-state index < -0.39 is 6.04 Å². The van der Waals surface area contributed by atoms with Crippen molar-refractivity contribution < 1.29 is 14.3 Å². The van der Waals surface area contributed by atoms with Crippen molar-refractivity contribution >= 4 is 23.4 Å². The lowest BCUT2D eigenvalue weighted by atomic mass is 10.0. The van der Waals surface area contributed by atoms with E-state index in [0.717, 1.165) is 16.7 Å². The number of halogens is 1. The number of hydrogen-bond donors (Lipinski definition) is 1. The number of carbonyl (C=O) groups is 2. The smallest absolute Gasteiger partial charge is 0.261 e. The molecule has 0 spiro atoms. The van der Waals surface area contributed by atoms with Crippen LogP contribution in [0, 0.1) is 6.92 Å². The van der Waals surface area contributed by atoms with Crippen molar-refractivity contribution in [2.75, 3.05) is 6.61 Å². The lowest BCUT2D eigenvalue weighted by molar-refractivity contribution is -0.143. The summed E-state index contributed by atoms with van der Waals surface area (Å²) in [5.41, 5.74) is 3.69. The fourth-order valence-corrected chi connectivity index (χ4v) is 4.08. The molecule has 0 fully saturated rings. The van der Waals surface area contributed by atoms with E-state index in [1.165, 1.54) is 0 Å². The Morgan fingerprint density at radius 1 is 0.811 bits per heavy atom. The molecule has 188 valence electrons. The third-order valence-electron chi connectivity index (χ3n) is 5.95. The van der Waals surface area contributed by atoms with Crippen LogP contribution in [0.1, 0.15) is 28.3 Å². The highest BCUT2D eigenvalue weighted by Crippen LogP contribution is 2.25. The highest BCUT2D eigenvalue weighted by atomic mass is 35.5. The van der Waals surface area contributed by atoms with E-state index >= 15 is 0 Å². The number of nitrogens with zero attached hydrogens (tertiary/aromatic N) is 1. The van der Waals surface area contributed by atoms with E-state index in [4.69, 9.17) is 16.3 Å². The van der Waals surface area contributed by atoms with Gasteiger partial charge in [-0.1, -0.05) is 102 Å². The van der Waals surface area contributed by atoms with Gasteiger partial charge in [0.25, 0.3) is 5.91 Å². The maximum Gasteiger partial charge on any atom is 0.261 e. The summed E-state index contributed by atoms with van der Waals surface area (Å²) in [6.45, 7) is 2.38. The standard InChI is InChI=1S/C31H29ClN2O3/c1-23-12-14-24(15-13-23)20-33-31(36)30(26-8-4-2-5-9-26)34(21-25-16-18-27(32)19-17-25)29(35)22-37-28-10-6-3-7-11-28/h2-19,30H,20-22H2,1H3,(H,33,36). The molecule has 6 heteroatoms. The average Bonchev–Trinajstić information content (AvgIpc) is 2.93. The normalized spacial score (nSPS) is 11.4. The number of amides is 2. The van der Waals surface area contributed by atoms with Crippen molar-refractivity contribution in [2.24, 2.45) is 0 Å². The van der Waals surface area contributed by atoms with E-state index in [-0.39, 0.29) is 25.0 Å². The van der Waals surface area contributed by atoms with Gasteiger partial charge in [-0.15, -0.1) is 0 Å². The minimum atomic E-state index is -0.853. The molecule has 4 aromatic rings. The van der Waals surface area contributed by atoms with Gasteiger partial charge < -0.3 is 15.0 Å². The first kappa shape index (κ1) is 26.0. The third kappa shape index (κ3) is 7.45. The summed E-state index contributed by atoms with van der Waals surface area (Å²) in [7, 11) is 0. The first-order valence-corrected chi connectivity index (χ1v) is 12.5. The molecule has 1 atom stereocenters. The third-order valence-corrected chi connectivity index (χ3v) is 6.21. The molecule has 0 aliphatic carbocycles. The number of hydrogen-bond acceptors (Lipinski definition) is 3. The first-order valence-electron chi connectivity index (χ1n) is 12.1. The quantitative estimate of drug-likeness (QED) is 0.279.